The number of hydrogen-bond donors (Lipinski definition) is 1. The normalized spacial score (nSPS) is 22.5. The van der Waals surface area contributed by atoms with Crippen molar-refractivity contribution in [2.24, 2.45) is 0 Å². The number of nitrogens with one attached hydrogen (secondary N) is 1. The summed E-state index contributed by atoms with van der Waals surface area (Å²) in [7, 11) is 1.45. The van der Waals surface area contributed by atoms with Crippen molar-refractivity contribution in [1.82, 2.24) is 14.5 Å². The maximum Gasteiger partial charge on any atom is 0.410 e. The highest BCUT2D eigenvalue weighted by Gasteiger charge is 2.51. The number of nitrogens with zero attached hydrogens (tertiary/aromatic N) is 2. The molecule has 12 heteroatoms. The minimum Gasteiger partial charge on any atom is -0.466 e. The number of aromatic amines is 1. The van der Waals surface area contributed by atoms with E-state index in [1.165, 1.54) is 25.1 Å². The van der Waals surface area contributed by atoms with Crippen LogP contribution in [0.15, 0.2) is 21.9 Å². The van der Waals surface area contributed by atoms with Crippen molar-refractivity contribution in [2.45, 2.75) is 77.5 Å². The Morgan fingerprint density at radius 2 is 1.91 bits per heavy atom. The molecular formula is C21H31N3O9. The molecule has 0 saturated carbocycles. The average Bonchev–Trinajstić information content (AvgIpc) is 3.02. The van der Waals surface area contributed by atoms with Crippen LogP contribution >= 0.6 is 0 Å². The van der Waals surface area contributed by atoms with Crippen molar-refractivity contribution < 1.29 is 33.3 Å². The van der Waals surface area contributed by atoms with Crippen molar-refractivity contribution in [3.63, 3.8) is 0 Å². The minimum atomic E-state index is -1.17. The first kappa shape index (κ1) is 26.1. The Morgan fingerprint density at radius 1 is 1.24 bits per heavy atom. The third kappa shape index (κ3) is 6.91. The lowest BCUT2D eigenvalue weighted by Crippen LogP contribution is -2.51. The van der Waals surface area contributed by atoms with Gasteiger partial charge in [-0.1, -0.05) is 0 Å². The molecule has 1 aromatic rings. The number of aromatic nitrogens is 2. The second kappa shape index (κ2) is 10.6. The molecule has 0 spiro atoms. The number of carbonyl (C=O) groups is 3. The average molecular weight is 469 g/mol. The predicted molar refractivity (Wildman–Crippen MR) is 114 cm³/mol. The van der Waals surface area contributed by atoms with E-state index in [1.54, 1.807) is 27.7 Å². The predicted octanol–water partition coefficient (Wildman–Crippen LogP) is 0.945. The Bertz CT molecular complexity index is 978. The molecule has 12 nitrogen and oxygen atoms in total. The van der Waals surface area contributed by atoms with Gasteiger partial charge in [0.15, 0.2) is 12.3 Å². The van der Waals surface area contributed by atoms with Crippen LogP contribution in [0.5, 0.6) is 0 Å². The minimum absolute atomic E-state index is 0.0306. The molecule has 1 aliphatic rings. The molecular weight excluding hydrogens is 438 g/mol. The van der Waals surface area contributed by atoms with E-state index >= 15 is 0 Å². The van der Waals surface area contributed by atoms with Gasteiger partial charge in [-0.3, -0.25) is 23.9 Å². The van der Waals surface area contributed by atoms with E-state index in [0.717, 1.165) is 10.6 Å². The molecule has 0 aromatic carbocycles. The number of carbonyl (C=O) groups excluding carboxylic acids is 3. The van der Waals surface area contributed by atoms with Gasteiger partial charge in [-0.15, -0.1) is 0 Å². The van der Waals surface area contributed by atoms with Gasteiger partial charge in [0.25, 0.3) is 5.56 Å². The molecule has 33 heavy (non-hydrogen) atoms. The van der Waals surface area contributed by atoms with Crippen LogP contribution in [-0.4, -0.2) is 70.0 Å². The van der Waals surface area contributed by atoms with Crippen LogP contribution in [0.1, 0.15) is 53.7 Å². The van der Waals surface area contributed by atoms with Gasteiger partial charge >= 0.3 is 23.7 Å². The molecule has 1 aliphatic heterocycles. The van der Waals surface area contributed by atoms with Crippen LogP contribution in [0.2, 0.25) is 0 Å². The Hall–Kier alpha value is -3.15. The highest BCUT2D eigenvalue weighted by molar-refractivity contribution is 5.70. The largest absolute Gasteiger partial charge is 0.466 e. The number of rotatable bonds is 7. The van der Waals surface area contributed by atoms with Crippen LogP contribution in [0.3, 0.4) is 0 Å². The first-order valence-electron chi connectivity index (χ1n) is 10.6. The molecule has 0 unspecified atom stereocenters. The van der Waals surface area contributed by atoms with E-state index in [0.29, 0.717) is 0 Å². The molecule has 4 atom stereocenters. The Labute approximate surface area is 190 Å². The zero-order valence-corrected chi connectivity index (χ0v) is 19.7. The second-order valence-electron chi connectivity index (χ2n) is 8.58. The first-order chi connectivity index (χ1) is 15.3. The fourth-order valence-electron chi connectivity index (χ4n) is 3.55. The monoisotopic (exact) mass is 469 g/mol. The molecule has 1 fully saturated rings. The molecule has 1 saturated heterocycles. The lowest BCUT2D eigenvalue weighted by atomic mass is 10.0. The number of amides is 1. The number of esters is 2. The molecule has 0 aliphatic carbocycles. The summed E-state index contributed by atoms with van der Waals surface area (Å²) < 4.78 is 23.0. The highest BCUT2D eigenvalue weighted by Crippen LogP contribution is 2.36. The Kier molecular flexibility index (Phi) is 8.42. The van der Waals surface area contributed by atoms with Gasteiger partial charge < -0.3 is 23.8 Å². The van der Waals surface area contributed by atoms with Crippen LogP contribution in [-0.2, 0) is 28.5 Å². The van der Waals surface area contributed by atoms with E-state index in [2.05, 4.69) is 4.98 Å². The number of likely N-dealkylation sites (N-methyl/N-ethyl adjacent to an activating group) is 1. The van der Waals surface area contributed by atoms with Gasteiger partial charge in [0.1, 0.15) is 11.6 Å². The maximum absolute atomic E-state index is 12.8. The molecule has 1 aromatic heterocycles. The smallest absolute Gasteiger partial charge is 0.410 e. The zero-order valence-electron chi connectivity index (χ0n) is 19.7. The summed E-state index contributed by atoms with van der Waals surface area (Å²) in [5.41, 5.74) is -2.19. The molecule has 0 radical (unpaired) electrons. The summed E-state index contributed by atoms with van der Waals surface area (Å²) in [5.74, 6) is -1.13. The van der Waals surface area contributed by atoms with Gasteiger partial charge in [0.05, 0.1) is 12.7 Å². The van der Waals surface area contributed by atoms with Gasteiger partial charge in [-0.2, -0.15) is 0 Å². The SMILES string of the molecule is CCOC(=O)CC[C@H]1O[C@@H](n2ccc(=O)[nH]c2=O)[C@H](OC(C)=O)[C@H]1N(C)C(=O)OC(C)(C)C. The zero-order chi connectivity index (χ0) is 24.9. The lowest BCUT2D eigenvalue weighted by Gasteiger charge is -2.33. The third-order valence-corrected chi connectivity index (χ3v) is 4.81. The molecule has 2 rings (SSSR count). The van der Waals surface area contributed by atoms with Gasteiger partial charge in [0, 0.05) is 32.7 Å². The summed E-state index contributed by atoms with van der Waals surface area (Å²) in [5, 5.41) is 0. The van der Waals surface area contributed by atoms with E-state index in [9.17, 15) is 24.0 Å². The van der Waals surface area contributed by atoms with Crippen LogP contribution in [0.4, 0.5) is 4.79 Å². The molecule has 2 heterocycles. The van der Waals surface area contributed by atoms with Crippen LogP contribution < -0.4 is 11.2 Å². The van der Waals surface area contributed by atoms with E-state index < -0.39 is 59.4 Å². The fraction of sp³-hybridized carbons (Fsp3) is 0.667. The number of H-pyrrole nitrogens is 1. The summed E-state index contributed by atoms with van der Waals surface area (Å²) in [6.07, 6.45) is -2.53. The van der Waals surface area contributed by atoms with Gasteiger partial charge in [-0.25, -0.2) is 9.59 Å². The standard InChI is InChI=1S/C21H31N3O9/c1-7-30-15(27)9-8-13-16(23(6)20(29)33-21(3,4)5)17(31-12(2)25)18(32-13)24-11-10-14(26)22-19(24)28/h10-11,13,16-18H,7-9H2,1-6H3,(H,22,26,28)/t13-,16+,17-,18-/m1/s1. The number of hydrogen-bond acceptors (Lipinski definition) is 9. The lowest BCUT2D eigenvalue weighted by molar-refractivity contribution is -0.154. The fourth-order valence-corrected chi connectivity index (χ4v) is 3.55. The van der Waals surface area contributed by atoms with Crippen molar-refractivity contribution in [3.8, 4) is 0 Å². The van der Waals surface area contributed by atoms with Gasteiger partial charge in [-0.05, 0) is 34.1 Å². The Balaban J connectivity index is 2.46. The van der Waals surface area contributed by atoms with E-state index in [4.69, 9.17) is 18.9 Å². The summed E-state index contributed by atoms with van der Waals surface area (Å²) >= 11 is 0. The van der Waals surface area contributed by atoms with E-state index in [-0.39, 0.29) is 19.4 Å². The van der Waals surface area contributed by atoms with Crippen molar-refractivity contribution in [2.75, 3.05) is 13.7 Å². The summed E-state index contributed by atoms with van der Waals surface area (Å²) in [6, 6.07) is 0.218. The third-order valence-electron chi connectivity index (χ3n) is 4.81. The van der Waals surface area contributed by atoms with Crippen molar-refractivity contribution in [3.05, 3.63) is 33.1 Å². The van der Waals surface area contributed by atoms with Crippen molar-refractivity contribution in [1.29, 1.82) is 0 Å². The second-order valence-corrected chi connectivity index (χ2v) is 8.58. The topological polar surface area (TPSA) is 146 Å². The molecule has 1 N–H and O–H groups in total. The summed E-state index contributed by atoms with van der Waals surface area (Å²) in [4.78, 5) is 63.9. The maximum atomic E-state index is 12.8. The molecule has 0 bridgehead atoms. The van der Waals surface area contributed by atoms with E-state index in [1.807, 2.05) is 0 Å². The number of ether oxygens (including phenoxy) is 4. The summed E-state index contributed by atoms with van der Waals surface area (Å²) in [6.45, 7) is 8.18. The quantitative estimate of drug-likeness (QED) is 0.455. The molecule has 1 amide bonds. The van der Waals surface area contributed by atoms with Gasteiger partial charge in [0.2, 0.25) is 0 Å². The van der Waals surface area contributed by atoms with Crippen LogP contribution in [0, 0.1) is 0 Å². The first-order valence-corrected chi connectivity index (χ1v) is 10.6. The highest BCUT2D eigenvalue weighted by atomic mass is 16.6. The van der Waals surface area contributed by atoms with Crippen LogP contribution in [0.25, 0.3) is 0 Å². The van der Waals surface area contributed by atoms with Crippen molar-refractivity contribution >= 4 is 18.0 Å². The Morgan fingerprint density at radius 3 is 2.45 bits per heavy atom. The molecule has 184 valence electrons.